The number of nitrogens with one attached hydrogen (secondary N) is 2. The van der Waals surface area contributed by atoms with Crippen LogP contribution in [0.15, 0.2) is 23.8 Å². The van der Waals surface area contributed by atoms with E-state index in [-0.39, 0.29) is 18.0 Å². The SMILES string of the molecule is C=C(/C=C(\C)C(=O)NC1CC2CCC(C1)N2SCC1CCN(CCCNC(=O)OC(C)(C)C)CC1)CCC. The molecule has 0 spiro atoms. The second-order valence-electron chi connectivity index (χ2n) is 12.5. The summed E-state index contributed by atoms with van der Waals surface area (Å²) in [7, 11) is 0. The molecule has 2 unspecified atom stereocenters. The molecule has 0 aliphatic carbocycles. The zero-order valence-corrected chi connectivity index (χ0v) is 25.3. The van der Waals surface area contributed by atoms with Crippen LogP contribution in [0.2, 0.25) is 0 Å². The number of carbonyl (C=O) groups excluding carboxylic acids is 2. The van der Waals surface area contributed by atoms with Gasteiger partial charge in [-0.1, -0.05) is 43.5 Å². The van der Waals surface area contributed by atoms with Crippen molar-refractivity contribution in [3.8, 4) is 0 Å². The van der Waals surface area contributed by atoms with Crippen LogP contribution in [0.3, 0.4) is 0 Å². The molecule has 216 valence electrons. The van der Waals surface area contributed by atoms with Gasteiger partial charge in [0.1, 0.15) is 5.60 Å². The van der Waals surface area contributed by atoms with Gasteiger partial charge in [-0.25, -0.2) is 9.10 Å². The van der Waals surface area contributed by atoms with Crippen molar-refractivity contribution in [2.24, 2.45) is 5.92 Å². The van der Waals surface area contributed by atoms with Crippen LogP contribution >= 0.6 is 11.9 Å². The summed E-state index contributed by atoms with van der Waals surface area (Å²) in [5, 5.41) is 6.18. The van der Waals surface area contributed by atoms with E-state index in [9.17, 15) is 9.59 Å². The molecule has 2 atom stereocenters. The molecule has 3 aliphatic rings. The molecule has 0 radical (unpaired) electrons. The topological polar surface area (TPSA) is 73.9 Å². The van der Waals surface area contributed by atoms with Gasteiger partial charge >= 0.3 is 6.09 Å². The van der Waals surface area contributed by atoms with Crippen molar-refractivity contribution < 1.29 is 14.3 Å². The minimum absolute atomic E-state index is 0.0696. The molecule has 0 aromatic heterocycles. The Morgan fingerprint density at radius 2 is 1.76 bits per heavy atom. The second kappa shape index (κ2) is 14.8. The molecule has 8 heteroatoms. The molecule has 0 aromatic carbocycles. The van der Waals surface area contributed by atoms with Gasteiger partial charge in [0.15, 0.2) is 0 Å². The first kappa shape index (κ1) is 31.0. The van der Waals surface area contributed by atoms with Gasteiger partial charge in [0, 0.05) is 36.0 Å². The van der Waals surface area contributed by atoms with Crippen LogP contribution in [0.25, 0.3) is 0 Å². The van der Waals surface area contributed by atoms with Crippen LogP contribution in [0.4, 0.5) is 4.79 Å². The van der Waals surface area contributed by atoms with Crippen molar-refractivity contribution >= 4 is 23.9 Å². The Labute approximate surface area is 235 Å². The Hall–Kier alpha value is -1.51. The number of piperidine rings is 2. The highest BCUT2D eigenvalue weighted by atomic mass is 32.2. The van der Waals surface area contributed by atoms with Crippen molar-refractivity contribution in [1.82, 2.24) is 19.8 Å². The molecule has 0 aromatic rings. The van der Waals surface area contributed by atoms with Gasteiger partial charge in [-0.05, 0) is 105 Å². The Bertz CT molecular complexity index is 818. The van der Waals surface area contributed by atoms with Crippen molar-refractivity contribution in [2.45, 2.75) is 116 Å². The van der Waals surface area contributed by atoms with Crippen molar-refractivity contribution in [3.05, 3.63) is 23.8 Å². The maximum Gasteiger partial charge on any atom is 0.407 e. The number of hydrogen-bond acceptors (Lipinski definition) is 6. The highest BCUT2D eigenvalue weighted by Crippen LogP contribution is 2.41. The van der Waals surface area contributed by atoms with E-state index >= 15 is 0 Å². The number of nitrogens with zero attached hydrogens (tertiary/aromatic N) is 2. The Morgan fingerprint density at radius 1 is 1.11 bits per heavy atom. The first-order valence-electron chi connectivity index (χ1n) is 14.8. The normalized spacial score (nSPS) is 25.3. The lowest BCUT2D eigenvalue weighted by Crippen LogP contribution is -2.48. The highest BCUT2D eigenvalue weighted by Gasteiger charge is 2.41. The van der Waals surface area contributed by atoms with Crippen LogP contribution in [0.5, 0.6) is 0 Å². The minimum atomic E-state index is -0.448. The zero-order chi connectivity index (χ0) is 27.7. The molecule has 3 aliphatic heterocycles. The van der Waals surface area contributed by atoms with Crippen molar-refractivity contribution in [3.63, 3.8) is 0 Å². The van der Waals surface area contributed by atoms with Gasteiger partial charge in [-0.2, -0.15) is 0 Å². The Kier molecular flexibility index (Phi) is 12.0. The molecule has 3 saturated heterocycles. The van der Waals surface area contributed by atoms with Gasteiger partial charge in [0.25, 0.3) is 0 Å². The van der Waals surface area contributed by atoms with Gasteiger partial charge in [-0.3, -0.25) is 4.79 Å². The molecule has 2 amide bonds. The number of allylic oxidation sites excluding steroid dienone is 2. The van der Waals surface area contributed by atoms with Crippen LogP contribution in [0, 0.1) is 5.92 Å². The molecule has 3 fully saturated rings. The van der Waals surface area contributed by atoms with Crippen LogP contribution in [0.1, 0.15) is 92.4 Å². The predicted molar refractivity (Wildman–Crippen MR) is 158 cm³/mol. The lowest BCUT2D eigenvalue weighted by atomic mass is 9.99. The molecular formula is C30H52N4O3S. The van der Waals surface area contributed by atoms with Gasteiger partial charge < -0.3 is 20.3 Å². The lowest BCUT2D eigenvalue weighted by molar-refractivity contribution is -0.118. The van der Waals surface area contributed by atoms with E-state index in [1.54, 1.807) is 0 Å². The average Bonchev–Trinajstić information content (AvgIpc) is 3.08. The van der Waals surface area contributed by atoms with E-state index < -0.39 is 5.60 Å². The fourth-order valence-corrected chi connectivity index (χ4v) is 7.42. The zero-order valence-electron chi connectivity index (χ0n) is 24.5. The molecule has 3 heterocycles. The highest BCUT2D eigenvalue weighted by molar-refractivity contribution is 7.97. The number of rotatable bonds is 12. The largest absolute Gasteiger partial charge is 0.444 e. The molecule has 7 nitrogen and oxygen atoms in total. The number of amides is 2. The summed E-state index contributed by atoms with van der Waals surface area (Å²) in [4.78, 5) is 27.0. The number of carbonyl (C=O) groups is 2. The molecule has 3 rings (SSSR count). The second-order valence-corrected chi connectivity index (χ2v) is 13.5. The van der Waals surface area contributed by atoms with E-state index in [4.69, 9.17) is 4.74 Å². The van der Waals surface area contributed by atoms with Crippen molar-refractivity contribution in [2.75, 3.05) is 31.9 Å². The van der Waals surface area contributed by atoms with Crippen LogP contribution in [-0.4, -0.2) is 76.9 Å². The predicted octanol–water partition coefficient (Wildman–Crippen LogP) is 5.68. The Balaban J connectivity index is 1.31. The fraction of sp³-hybridized carbons (Fsp3) is 0.800. The molecular weight excluding hydrogens is 496 g/mol. The van der Waals surface area contributed by atoms with E-state index in [1.165, 1.54) is 31.4 Å². The van der Waals surface area contributed by atoms with Gasteiger partial charge in [0.05, 0.1) is 0 Å². The quantitative estimate of drug-likeness (QED) is 0.142. The van der Waals surface area contributed by atoms with E-state index in [1.807, 2.05) is 33.8 Å². The summed E-state index contributed by atoms with van der Waals surface area (Å²) >= 11 is 2.07. The third-order valence-corrected chi connectivity index (χ3v) is 9.35. The summed E-state index contributed by atoms with van der Waals surface area (Å²) in [6, 6.07) is 1.45. The summed E-state index contributed by atoms with van der Waals surface area (Å²) in [6.45, 7) is 17.7. The van der Waals surface area contributed by atoms with Gasteiger partial charge in [-0.15, -0.1) is 0 Å². The number of hydrogen-bond donors (Lipinski definition) is 2. The third-order valence-electron chi connectivity index (χ3n) is 7.84. The van der Waals surface area contributed by atoms with E-state index in [2.05, 4.69) is 45.3 Å². The standard InChI is InChI=1S/C30H52N4O3S/c1-7-9-22(2)18-23(3)28(35)32-25-19-26-10-11-27(20-25)34(26)38-21-24-12-16-33(17-13-24)15-8-14-31-29(36)37-30(4,5)6/h18,24-27H,2,7-17,19-21H2,1,3-6H3,(H,31,36)(H,32,35)/b23-18+. The number of likely N-dealkylation sites (tertiary alicyclic amines) is 1. The number of ether oxygens (including phenoxy) is 1. The van der Waals surface area contributed by atoms with Crippen LogP contribution in [-0.2, 0) is 9.53 Å². The first-order valence-corrected chi connectivity index (χ1v) is 15.8. The summed E-state index contributed by atoms with van der Waals surface area (Å²) in [6.07, 6.45) is 11.7. The fourth-order valence-electron chi connectivity index (χ4n) is 5.90. The number of fused-ring (bicyclic) bond motifs is 2. The molecule has 2 N–H and O–H groups in total. The van der Waals surface area contributed by atoms with Crippen LogP contribution < -0.4 is 10.6 Å². The van der Waals surface area contributed by atoms with E-state index in [0.717, 1.165) is 68.8 Å². The number of alkyl carbamates (subject to hydrolysis) is 1. The lowest BCUT2D eigenvalue weighted by Gasteiger charge is -2.39. The molecule has 38 heavy (non-hydrogen) atoms. The molecule has 0 saturated carbocycles. The van der Waals surface area contributed by atoms with Crippen molar-refractivity contribution in [1.29, 1.82) is 0 Å². The summed E-state index contributed by atoms with van der Waals surface area (Å²) < 4.78 is 7.98. The maximum absolute atomic E-state index is 12.7. The van der Waals surface area contributed by atoms with E-state index in [0.29, 0.717) is 18.6 Å². The summed E-state index contributed by atoms with van der Waals surface area (Å²) in [5.41, 5.74) is 1.36. The molecule has 2 bridgehead atoms. The third kappa shape index (κ3) is 10.2. The first-order chi connectivity index (χ1) is 18.0. The smallest absolute Gasteiger partial charge is 0.407 e. The monoisotopic (exact) mass is 548 g/mol. The summed E-state index contributed by atoms with van der Waals surface area (Å²) in [5.74, 6) is 2.05. The maximum atomic E-state index is 12.7. The van der Waals surface area contributed by atoms with Gasteiger partial charge in [0.2, 0.25) is 5.91 Å². The minimum Gasteiger partial charge on any atom is -0.444 e. The Morgan fingerprint density at radius 3 is 2.37 bits per heavy atom. The average molecular weight is 549 g/mol.